The van der Waals surface area contributed by atoms with Gasteiger partial charge >= 0.3 is 5.97 Å². The molecule has 1 N–H and O–H groups in total. The van der Waals surface area contributed by atoms with Crippen LogP contribution in [0.2, 0.25) is 0 Å². The lowest BCUT2D eigenvalue weighted by atomic mass is 10.2. The molecule has 0 saturated heterocycles. The van der Waals surface area contributed by atoms with Crippen LogP contribution in [-0.2, 0) is 11.3 Å². The molecule has 0 radical (unpaired) electrons. The van der Waals surface area contributed by atoms with Gasteiger partial charge in [0.25, 0.3) is 0 Å². The summed E-state index contributed by atoms with van der Waals surface area (Å²) in [6, 6.07) is 9.64. The zero-order valence-corrected chi connectivity index (χ0v) is 11.0. The lowest BCUT2D eigenvalue weighted by molar-refractivity contribution is -0.138. The Labute approximate surface area is 117 Å². The van der Waals surface area contributed by atoms with Crippen molar-refractivity contribution in [1.82, 2.24) is 9.88 Å². The predicted octanol–water partition coefficient (Wildman–Crippen LogP) is 2.41. The fourth-order valence-corrected chi connectivity index (χ4v) is 1.87. The van der Waals surface area contributed by atoms with Crippen LogP contribution in [-0.4, -0.2) is 34.0 Å². The molecule has 5 heteroatoms. The zero-order chi connectivity index (χ0) is 14.4. The Kier molecular flexibility index (Phi) is 4.68. The molecule has 1 heterocycles. The molecular formula is C15H16N2O3. The fraction of sp³-hybridized carbons (Fsp3) is 0.200. The second kappa shape index (κ2) is 6.68. The summed E-state index contributed by atoms with van der Waals surface area (Å²) in [6.07, 6.45) is 3.31. The van der Waals surface area contributed by atoms with Crippen LogP contribution in [0, 0.1) is 0 Å². The van der Waals surface area contributed by atoms with E-state index in [9.17, 15) is 4.79 Å². The Hall–Kier alpha value is -2.40. The molecule has 5 nitrogen and oxygen atoms in total. The zero-order valence-electron chi connectivity index (χ0n) is 11.0. The van der Waals surface area contributed by atoms with E-state index in [4.69, 9.17) is 9.52 Å². The maximum Gasteiger partial charge on any atom is 0.317 e. The minimum absolute atomic E-state index is 0.0743. The Morgan fingerprint density at radius 2 is 2.15 bits per heavy atom. The van der Waals surface area contributed by atoms with E-state index in [2.05, 4.69) is 11.6 Å². The van der Waals surface area contributed by atoms with Crippen LogP contribution in [0.5, 0.6) is 0 Å². The highest BCUT2D eigenvalue weighted by molar-refractivity contribution is 5.69. The van der Waals surface area contributed by atoms with Gasteiger partial charge < -0.3 is 9.52 Å². The smallest absolute Gasteiger partial charge is 0.317 e. The van der Waals surface area contributed by atoms with Crippen LogP contribution in [0.25, 0.3) is 11.3 Å². The van der Waals surface area contributed by atoms with E-state index in [1.807, 2.05) is 30.3 Å². The molecule has 1 aromatic carbocycles. The summed E-state index contributed by atoms with van der Waals surface area (Å²) in [6.45, 7) is 4.35. The normalized spacial score (nSPS) is 10.7. The van der Waals surface area contributed by atoms with Crippen LogP contribution in [0.1, 0.15) is 5.89 Å². The first-order chi connectivity index (χ1) is 9.69. The van der Waals surface area contributed by atoms with Crippen molar-refractivity contribution >= 4 is 5.97 Å². The summed E-state index contributed by atoms with van der Waals surface area (Å²) in [4.78, 5) is 16.7. The highest BCUT2D eigenvalue weighted by Crippen LogP contribution is 2.20. The van der Waals surface area contributed by atoms with Gasteiger partial charge in [0.1, 0.15) is 0 Å². The Bertz CT molecular complexity index is 578. The van der Waals surface area contributed by atoms with Crippen molar-refractivity contribution in [2.75, 3.05) is 13.1 Å². The minimum atomic E-state index is -0.887. The van der Waals surface area contributed by atoms with E-state index in [0.717, 1.165) is 5.56 Å². The SMILES string of the molecule is C=CCN(CC(=O)O)Cc1ncc(-c2ccccc2)o1. The standard InChI is InChI=1S/C15H16N2O3/c1-2-8-17(11-15(18)19)10-14-16-9-13(20-14)12-6-4-3-5-7-12/h2-7,9H,1,8,10-11H2,(H,18,19). The summed E-state index contributed by atoms with van der Waals surface area (Å²) in [5.74, 6) is 0.281. The molecule has 0 bridgehead atoms. The molecule has 104 valence electrons. The van der Waals surface area contributed by atoms with Gasteiger partial charge in [-0.3, -0.25) is 9.69 Å². The Balaban J connectivity index is 2.08. The molecule has 1 aromatic heterocycles. The van der Waals surface area contributed by atoms with E-state index < -0.39 is 5.97 Å². The number of aliphatic carboxylic acids is 1. The van der Waals surface area contributed by atoms with Gasteiger partial charge in [0, 0.05) is 12.1 Å². The van der Waals surface area contributed by atoms with Gasteiger partial charge in [-0.05, 0) is 0 Å². The third kappa shape index (κ3) is 3.80. The van der Waals surface area contributed by atoms with E-state index >= 15 is 0 Å². The molecule has 0 aliphatic rings. The maximum absolute atomic E-state index is 10.8. The molecule has 0 amide bonds. The summed E-state index contributed by atoms with van der Waals surface area (Å²) < 4.78 is 5.65. The monoisotopic (exact) mass is 272 g/mol. The van der Waals surface area contributed by atoms with Gasteiger partial charge in [-0.15, -0.1) is 6.58 Å². The van der Waals surface area contributed by atoms with Crippen LogP contribution < -0.4 is 0 Å². The first-order valence-electron chi connectivity index (χ1n) is 6.24. The summed E-state index contributed by atoms with van der Waals surface area (Å²) >= 11 is 0. The number of benzene rings is 1. The van der Waals surface area contributed by atoms with E-state index in [1.165, 1.54) is 0 Å². The van der Waals surface area contributed by atoms with Gasteiger partial charge in [0.05, 0.1) is 19.3 Å². The average molecular weight is 272 g/mol. The molecule has 2 aromatic rings. The van der Waals surface area contributed by atoms with Crippen molar-refractivity contribution in [3.05, 3.63) is 55.1 Å². The fourth-order valence-electron chi connectivity index (χ4n) is 1.87. The average Bonchev–Trinajstić information content (AvgIpc) is 2.88. The number of rotatable bonds is 7. The van der Waals surface area contributed by atoms with Gasteiger partial charge in [0.2, 0.25) is 5.89 Å². The topological polar surface area (TPSA) is 66.6 Å². The van der Waals surface area contributed by atoms with Crippen LogP contribution in [0.3, 0.4) is 0 Å². The van der Waals surface area contributed by atoms with Crippen molar-refractivity contribution in [3.63, 3.8) is 0 Å². The lowest BCUT2D eigenvalue weighted by Crippen LogP contribution is -2.29. The maximum atomic E-state index is 10.8. The van der Waals surface area contributed by atoms with Crippen molar-refractivity contribution in [1.29, 1.82) is 0 Å². The largest absolute Gasteiger partial charge is 0.480 e. The third-order valence-electron chi connectivity index (χ3n) is 2.72. The highest BCUT2D eigenvalue weighted by atomic mass is 16.4. The number of hydrogen-bond donors (Lipinski definition) is 1. The van der Waals surface area contributed by atoms with Gasteiger partial charge in [0.15, 0.2) is 5.76 Å². The number of carbonyl (C=O) groups is 1. The molecule has 0 unspecified atom stereocenters. The number of carboxylic acids is 1. The summed E-state index contributed by atoms with van der Waals surface area (Å²) in [7, 11) is 0. The Morgan fingerprint density at radius 3 is 2.80 bits per heavy atom. The highest BCUT2D eigenvalue weighted by Gasteiger charge is 2.13. The number of carboxylic acid groups (broad SMARTS) is 1. The van der Waals surface area contributed by atoms with Crippen molar-refractivity contribution in [2.45, 2.75) is 6.54 Å². The molecule has 20 heavy (non-hydrogen) atoms. The van der Waals surface area contributed by atoms with Crippen molar-refractivity contribution in [3.8, 4) is 11.3 Å². The van der Waals surface area contributed by atoms with Crippen molar-refractivity contribution in [2.24, 2.45) is 0 Å². The van der Waals surface area contributed by atoms with Crippen LogP contribution >= 0.6 is 0 Å². The second-order valence-corrected chi connectivity index (χ2v) is 4.34. The quantitative estimate of drug-likeness (QED) is 0.784. The summed E-state index contributed by atoms with van der Waals surface area (Å²) in [5.41, 5.74) is 0.944. The summed E-state index contributed by atoms with van der Waals surface area (Å²) in [5, 5.41) is 8.84. The van der Waals surface area contributed by atoms with E-state index in [0.29, 0.717) is 24.7 Å². The second-order valence-electron chi connectivity index (χ2n) is 4.34. The molecule has 0 spiro atoms. The number of oxazole rings is 1. The van der Waals surface area contributed by atoms with E-state index in [1.54, 1.807) is 17.2 Å². The Morgan fingerprint density at radius 1 is 1.40 bits per heavy atom. The lowest BCUT2D eigenvalue weighted by Gasteiger charge is -2.15. The molecule has 0 aliphatic carbocycles. The first kappa shape index (κ1) is 14.0. The molecular weight excluding hydrogens is 256 g/mol. The van der Waals surface area contributed by atoms with Gasteiger partial charge in [-0.2, -0.15) is 0 Å². The number of hydrogen-bond acceptors (Lipinski definition) is 4. The molecule has 0 fully saturated rings. The molecule has 0 atom stereocenters. The van der Waals surface area contributed by atoms with Gasteiger partial charge in [-0.1, -0.05) is 36.4 Å². The predicted molar refractivity (Wildman–Crippen MR) is 75.0 cm³/mol. The molecule has 0 aliphatic heterocycles. The van der Waals surface area contributed by atoms with Crippen molar-refractivity contribution < 1.29 is 14.3 Å². The van der Waals surface area contributed by atoms with Crippen LogP contribution in [0.4, 0.5) is 0 Å². The van der Waals surface area contributed by atoms with Crippen LogP contribution in [0.15, 0.2) is 53.6 Å². The third-order valence-corrected chi connectivity index (χ3v) is 2.72. The van der Waals surface area contributed by atoms with Gasteiger partial charge in [-0.25, -0.2) is 4.98 Å². The molecule has 0 saturated carbocycles. The first-order valence-corrected chi connectivity index (χ1v) is 6.24. The molecule has 2 rings (SSSR count). The number of aromatic nitrogens is 1. The number of nitrogens with zero attached hydrogens (tertiary/aromatic N) is 2. The minimum Gasteiger partial charge on any atom is -0.480 e. The van der Waals surface area contributed by atoms with E-state index in [-0.39, 0.29) is 6.54 Å².